The molecule has 0 unspecified atom stereocenters. The average molecular weight is 449 g/mol. The van der Waals surface area contributed by atoms with Gasteiger partial charge in [0.2, 0.25) is 0 Å². The third kappa shape index (κ3) is 4.01. The summed E-state index contributed by atoms with van der Waals surface area (Å²) in [6.07, 6.45) is 0. The van der Waals surface area contributed by atoms with Crippen molar-refractivity contribution >= 4 is 45.5 Å². The molecule has 8 nitrogen and oxygen atoms in total. The summed E-state index contributed by atoms with van der Waals surface area (Å²) in [7, 11) is 0. The van der Waals surface area contributed by atoms with Gasteiger partial charge in [-0.05, 0) is 48.5 Å². The zero-order valence-electron chi connectivity index (χ0n) is 18.5. The van der Waals surface area contributed by atoms with Gasteiger partial charge in [0.05, 0.1) is 13.1 Å². The standard InChI is InChI=1S/C26H24N8/c1-2-4-22-21(3-1)25(31-19-9-5-17(6-10-19)23-27-13-14-28-23)33-34-26(22)32-20-11-7-18(8-12-20)24-29-15-16-30-24/h1-12H,13-16H2,(H,27,28)(H,29,30)(H,31,33)(H,32,34). The molecule has 0 radical (unpaired) electrons. The molecule has 4 N–H and O–H groups in total. The average Bonchev–Trinajstić information content (AvgIpc) is 3.62. The molecule has 4 aromatic rings. The molecule has 0 aliphatic carbocycles. The van der Waals surface area contributed by atoms with E-state index in [0.29, 0.717) is 11.6 Å². The maximum atomic E-state index is 4.49. The summed E-state index contributed by atoms with van der Waals surface area (Å²) >= 11 is 0. The van der Waals surface area contributed by atoms with Crippen molar-refractivity contribution in [1.29, 1.82) is 0 Å². The first-order chi connectivity index (χ1) is 16.8. The third-order valence-electron chi connectivity index (χ3n) is 5.88. The quantitative estimate of drug-likeness (QED) is 0.358. The minimum atomic E-state index is 0.714. The van der Waals surface area contributed by atoms with E-state index in [1.807, 2.05) is 36.4 Å². The molecule has 0 atom stereocenters. The maximum Gasteiger partial charge on any atom is 0.161 e. The van der Waals surface area contributed by atoms with E-state index in [1.165, 1.54) is 0 Å². The van der Waals surface area contributed by atoms with Crippen LogP contribution in [0.25, 0.3) is 10.8 Å². The number of nitrogens with one attached hydrogen (secondary N) is 4. The van der Waals surface area contributed by atoms with Crippen molar-refractivity contribution in [2.24, 2.45) is 9.98 Å². The zero-order valence-corrected chi connectivity index (χ0v) is 18.5. The van der Waals surface area contributed by atoms with Gasteiger partial charge in [0.25, 0.3) is 0 Å². The molecular weight excluding hydrogens is 424 g/mol. The predicted molar refractivity (Wildman–Crippen MR) is 138 cm³/mol. The minimum Gasteiger partial charge on any atom is -0.368 e. The Bertz CT molecular complexity index is 1280. The van der Waals surface area contributed by atoms with Gasteiger partial charge in [-0.2, -0.15) is 0 Å². The van der Waals surface area contributed by atoms with Crippen LogP contribution in [0.1, 0.15) is 11.1 Å². The number of fused-ring (bicyclic) bond motifs is 1. The number of rotatable bonds is 6. The highest BCUT2D eigenvalue weighted by atomic mass is 15.2. The van der Waals surface area contributed by atoms with Crippen LogP contribution >= 0.6 is 0 Å². The summed E-state index contributed by atoms with van der Waals surface area (Å²) in [4.78, 5) is 8.95. The van der Waals surface area contributed by atoms with Crippen LogP contribution in [-0.4, -0.2) is 48.0 Å². The first kappa shape index (κ1) is 20.2. The summed E-state index contributed by atoms with van der Waals surface area (Å²) in [5, 5.41) is 24.4. The number of amidine groups is 2. The summed E-state index contributed by atoms with van der Waals surface area (Å²) in [6, 6.07) is 24.5. The molecule has 0 fully saturated rings. The Morgan fingerprint density at radius 2 is 1.00 bits per heavy atom. The van der Waals surface area contributed by atoms with Gasteiger partial charge in [0, 0.05) is 46.4 Å². The number of aromatic nitrogens is 2. The molecule has 1 aromatic heterocycles. The molecule has 2 aliphatic rings. The lowest BCUT2D eigenvalue weighted by Gasteiger charge is -2.13. The van der Waals surface area contributed by atoms with Crippen molar-refractivity contribution in [1.82, 2.24) is 20.8 Å². The number of aliphatic imine (C=N–C) groups is 2. The van der Waals surface area contributed by atoms with Gasteiger partial charge in [-0.15, -0.1) is 10.2 Å². The van der Waals surface area contributed by atoms with E-state index in [0.717, 1.165) is 71.1 Å². The first-order valence-electron chi connectivity index (χ1n) is 11.4. The molecule has 168 valence electrons. The highest BCUT2D eigenvalue weighted by Gasteiger charge is 2.12. The number of anilines is 4. The summed E-state index contributed by atoms with van der Waals surface area (Å²) in [5.74, 6) is 3.33. The van der Waals surface area contributed by atoms with Crippen LogP contribution in [0.3, 0.4) is 0 Å². The number of hydrogen-bond acceptors (Lipinski definition) is 8. The Morgan fingerprint density at radius 3 is 1.38 bits per heavy atom. The molecule has 0 bridgehead atoms. The minimum absolute atomic E-state index is 0.714. The molecule has 0 amide bonds. The van der Waals surface area contributed by atoms with Crippen LogP contribution in [0.5, 0.6) is 0 Å². The third-order valence-corrected chi connectivity index (χ3v) is 5.88. The molecule has 0 saturated carbocycles. The molecule has 2 aliphatic heterocycles. The second-order valence-corrected chi connectivity index (χ2v) is 8.16. The monoisotopic (exact) mass is 448 g/mol. The fourth-order valence-corrected chi connectivity index (χ4v) is 4.17. The molecule has 34 heavy (non-hydrogen) atoms. The van der Waals surface area contributed by atoms with Crippen LogP contribution in [0.15, 0.2) is 82.8 Å². The Hall–Kier alpha value is -4.46. The van der Waals surface area contributed by atoms with E-state index in [-0.39, 0.29) is 0 Å². The molecule has 8 heteroatoms. The fourth-order valence-electron chi connectivity index (χ4n) is 4.17. The number of benzene rings is 3. The van der Waals surface area contributed by atoms with Gasteiger partial charge in [-0.1, -0.05) is 24.3 Å². The lowest BCUT2D eigenvalue weighted by atomic mass is 10.1. The summed E-state index contributed by atoms with van der Waals surface area (Å²) in [6.45, 7) is 3.45. The lowest BCUT2D eigenvalue weighted by molar-refractivity contribution is 0.960. The largest absolute Gasteiger partial charge is 0.368 e. The second-order valence-electron chi connectivity index (χ2n) is 8.16. The smallest absolute Gasteiger partial charge is 0.161 e. The van der Waals surface area contributed by atoms with Crippen molar-refractivity contribution in [3.63, 3.8) is 0 Å². The van der Waals surface area contributed by atoms with Crippen LogP contribution in [0.4, 0.5) is 23.0 Å². The van der Waals surface area contributed by atoms with Crippen LogP contribution in [-0.2, 0) is 0 Å². The van der Waals surface area contributed by atoms with E-state index >= 15 is 0 Å². The zero-order chi connectivity index (χ0) is 22.7. The summed E-state index contributed by atoms with van der Waals surface area (Å²) in [5.41, 5.74) is 4.06. The topological polar surface area (TPSA) is 98.6 Å². The Labute approximate surface area is 197 Å². The van der Waals surface area contributed by atoms with Crippen molar-refractivity contribution in [3.05, 3.63) is 83.9 Å². The molecule has 6 rings (SSSR count). The normalized spacial score (nSPS) is 14.8. The van der Waals surface area contributed by atoms with Gasteiger partial charge in [0.15, 0.2) is 11.6 Å². The second kappa shape index (κ2) is 8.82. The van der Waals surface area contributed by atoms with E-state index in [4.69, 9.17) is 0 Å². The van der Waals surface area contributed by atoms with E-state index in [2.05, 4.69) is 77.8 Å². The van der Waals surface area contributed by atoms with Gasteiger partial charge in [-0.25, -0.2) is 0 Å². The predicted octanol–water partition coefficient (Wildman–Crippen LogP) is 3.82. The van der Waals surface area contributed by atoms with Gasteiger partial charge < -0.3 is 21.3 Å². The van der Waals surface area contributed by atoms with Crippen molar-refractivity contribution in [2.45, 2.75) is 0 Å². The Kier molecular flexibility index (Phi) is 5.23. The van der Waals surface area contributed by atoms with Gasteiger partial charge in [-0.3, -0.25) is 9.98 Å². The van der Waals surface area contributed by atoms with Crippen molar-refractivity contribution in [3.8, 4) is 0 Å². The molecular formula is C26H24N8. The molecule has 0 spiro atoms. The SMILES string of the molecule is c1ccc2c(Nc3ccc(C4=NCCN4)cc3)nnc(Nc3ccc(C4=NCCN4)cc3)c2c1. The number of nitrogens with zero attached hydrogens (tertiary/aromatic N) is 4. The summed E-state index contributed by atoms with van der Waals surface area (Å²) < 4.78 is 0. The molecule has 3 aromatic carbocycles. The Balaban J connectivity index is 1.24. The molecule has 3 heterocycles. The lowest BCUT2D eigenvalue weighted by Crippen LogP contribution is -2.19. The Morgan fingerprint density at radius 1 is 0.559 bits per heavy atom. The van der Waals surface area contributed by atoms with E-state index in [9.17, 15) is 0 Å². The fraction of sp³-hybridized carbons (Fsp3) is 0.154. The van der Waals surface area contributed by atoms with E-state index in [1.54, 1.807) is 0 Å². The van der Waals surface area contributed by atoms with Gasteiger partial charge >= 0.3 is 0 Å². The van der Waals surface area contributed by atoms with Crippen molar-refractivity contribution < 1.29 is 0 Å². The van der Waals surface area contributed by atoms with E-state index < -0.39 is 0 Å². The van der Waals surface area contributed by atoms with Crippen LogP contribution < -0.4 is 21.3 Å². The van der Waals surface area contributed by atoms with Crippen LogP contribution in [0, 0.1) is 0 Å². The van der Waals surface area contributed by atoms with Crippen LogP contribution in [0.2, 0.25) is 0 Å². The highest BCUT2D eigenvalue weighted by Crippen LogP contribution is 2.30. The van der Waals surface area contributed by atoms with Crippen molar-refractivity contribution in [2.75, 3.05) is 36.8 Å². The highest BCUT2D eigenvalue weighted by molar-refractivity contribution is 6.02. The number of hydrogen-bond donors (Lipinski definition) is 4. The molecule has 0 saturated heterocycles. The van der Waals surface area contributed by atoms with Gasteiger partial charge in [0.1, 0.15) is 11.7 Å². The first-order valence-corrected chi connectivity index (χ1v) is 11.4. The maximum absolute atomic E-state index is 4.49.